The van der Waals surface area contributed by atoms with Gasteiger partial charge in [-0.2, -0.15) is 0 Å². The molecule has 2 heterocycles. The molecule has 0 fully saturated rings. The SMILES string of the molecule is COc1ccc2nc(N(Cc3ccco3)C(=O)C(C)(C)C)sc2c1. The van der Waals surface area contributed by atoms with E-state index in [0.717, 1.165) is 21.7 Å². The Hall–Kier alpha value is -2.34. The number of ether oxygens (including phenoxy) is 1. The number of thiazole rings is 1. The zero-order chi connectivity index (χ0) is 17.3. The quantitative estimate of drug-likeness (QED) is 0.700. The van der Waals surface area contributed by atoms with Crippen molar-refractivity contribution in [2.45, 2.75) is 27.3 Å². The molecule has 1 amide bonds. The van der Waals surface area contributed by atoms with Gasteiger partial charge in [0.25, 0.3) is 0 Å². The standard InChI is InChI=1S/C18H20N2O3S/c1-18(2,3)16(21)20(11-13-6-5-9-23-13)17-19-14-8-7-12(22-4)10-15(14)24-17/h5-10H,11H2,1-4H3. The molecule has 0 aliphatic rings. The highest BCUT2D eigenvalue weighted by atomic mass is 32.1. The van der Waals surface area contributed by atoms with Crippen LogP contribution >= 0.6 is 11.3 Å². The second-order valence-electron chi connectivity index (χ2n) is 6.55. The third kappa shape index (κ3) is 3.28. The summed E-state index contributed by atoms with van der Waals surface area (Å²) in [7, 11) is 1.63. The minimum atomic E-state index is -0.512. The highest BCUT2D eigenvalue weighted by molar-refractivity contribution is 7.22. The lowest BCUT2D eigenvalue weighted by atomic mass is 9.95. The normalized spacial score (nSPS) is 11.7. The Morgan fingerprint density at radius 2 is 2.12 bits per heavy atom. The number of methoxy groups -OCH3 is 1. The van der Waals surface area contributed by atoms with Crippen LogP contribution in [-0.4, -0.2) is 18.0 Å². The van der Waals surface area contributed by atoms with Crippen LogP contribution in [0.1, 0.15) is 26.5 Å². The number of nitrogens with zero attached hydrogens (tertiary/aromatic N) is 2. The molecule has 126 valence electrons. The predicted molar refractivity (Wildman–Crippen MR) is 95.5 cm³/mol. The lowest BCUT2D eigenvalue weighted by Crippen LogP contribution is -2.39. The molecule has 3 rings (SSSR count). The van der Waals surface area contributed by atoms with E-state index in [9.17, 15) is 4.79 Å². The highest BCUT2D eigenvalue weighted by Gasteiger charge is 2.30. The molecule has 0 unspecified atom stereocenters. The van der Waals surface area contributed by atoms with Gasteiger partial charge in [0.2, 0.25) is 5.91 Å². The van der Waals surface area contributed by atoms with Gasteiger partial charge in [-0.15, -0.1) is 0 Å². The summed E-state index contributed by atoms with van der Waals surface area (Å²) in [5, 5.41) is 0.662. The van der Waals surface area contributed by atoms with Gasteiger partial charge in [-0.3, -0.25) is 9.69 Å². The molecule has 0 saturated heterocycles. The number of anilines is 1. The Labute approximate surface area is 144 Å². The molecule has 0 N–H and O–H groups in total. The number of furan rings is 1. The van der Waals surface area contributed by atoms with E-state index in [2.05, 4.69) is 4.98 Å². The lowest BCUT2D eigenvalue weighted by Gasteiger charge is -2.26. The van der Waals surface area contributed by atoms with E-state index in [0.29, 0.717) is 11.7 Å². The monoisotopic (exact) mass is 344 g/mol. The average molecular weight is 344 g/mol. The largest absolute Gasteiger partial charge is 0.497 e. The molecule has 5 nitrogen and oxygen atoms in total. The fourth-order valence-corrected chi connectivity index (χ4v) is 3.32. The Morgan fingerprint density at radius 3 is 2.75 bits per heavy atom. The predicted octanol–water partition coefficient (Wildman–Crippen LogP) is 4.48. The van der Waals surface area contributed by atoms with Gasteiger partial charge >= 0.3 is 0 Å². The van der Waals surface area contributed by atoms with E-state index in [1.807, 2.05) is 51.1 Å². The second kappa shape index (κ2) is 6.28. The summed E-state index contributed by atoms with van der Waals surface area (Å²) in [6.07, 6.45) is 1.61. The first-order valence-electron chi connectivity index (χ1n) is 7.67. The van der Waals surface area contributed by atoms with E-state index in [1.165, 1.54) is 11.3 Å². The Kier molecular flexibility index (Phi) is 4.32. The lowest BCUT2D eigenvalue weighted by molar-refractivity contribution is -0.126. The number of rotatable bonds is 4. The number of carbonyl (C=O) groups is 1. The van der Waals surface area contributed by atoms with E-state index in [-0.39, 0.29) is 5.91 Å². The molecule has 2 aromatic heterocycles. The maximum Gasteiger partial charge on any atom is 0.234 e. The molecule has 6 heteroatoms. The molecule has 3 aromatic rings. The van der Waals surface area contributed by atoms with Gasteiger partial charge in [0, 0.05) is 5.41 Å². The molecule has 24 heavy (non-hydrogen) atoms. The van der Waals surface area contributed by atoms with Crippen molar-refractivity contribution in [2.24, 2.45) is 5.41 Å². The Morgan fingerprint density at radius 1 is 1.33 bits per heavy atom. The molecule has 0 spiro atoms. The molecule has 0 bridgehead atoms. The van der Waals surface area contributed by atoms with Crippen LogP contribution in [0, 0.1) is 5.41 Å². The fourth-order valence-electron chi connectivity index (χ4n) is 2.32. The minimum Gasteiger partial charge on any atom is -0.497 e. The summed E-state index contributed by atoms with van der Waals surface area (Å²) in [5.41, 5.74) is 0.337. The minimum absolute atomic E-state index is 0.00456. The maximum atomic E-state index is 12.9. The smallest absolute Gasteiger partial charge is 0.234 e. The molecule has 0 aliphatic carbocycles. The maximum absolute atomic E-state index is 12.9. The number of hydrogen-bond donors (Lipinski definition) is 0. The van der Waals surface area contributed by atoms with Crippen molar-refractivity contribution in [3.8, 4) is 5.75 Å². The summed E-state index contributed by atoms with van der Waals surface area (Å²) in [5.74, 6) is 1.51. The van der Waals surface area contributed by atoms with Crippen molar-refractivity contribution in [2.75, 3.05) is 12.0 Å². The summed E-state index contributed by atoms with van der Waals surface area (Å²) in [6.45, 7) is 6.07. The van der Waals surface area contributed by atoms with Crippen LogP contribution in [0.25, 0.3) is 10.2 Å². The van der Waals surface area contributed by atoms with E-state index >= 15 is 0 Å². The number of benzene rings is 1. The first-order valence-corrected chi connectivity index (χ1v) is 8.49. The Balaban J connectivity index is 2.02. The van der Waals surface area contributed by atoms with Crippen LogP contribution in [-0.2, 0) is 11.3 Å². The van der Waals surface area contributed by atoms with Gasteiger partial charge in [-0.1, -0.05) is 32.1 Å². The molecule has 0 atom stereocenters. The van der Waals surface area contributed by atoms with Crippen molar-refractivity contribution in [1.82, 2.24) is 4.98 Å². The van der Waals surface area contributed by atoms with E-state index < -0.39 is 5.41 Å². The topological polar surface area (TPSA) is 55.6 Å². The van der Waals surface area contributed by atoms with Gasteiger partial charge in [0.15, 0.2) is 5.13 Å². The van der Waals surface area contributed by atoms with Crippen LogP contribution in [0.15, 0.2) is 41.0 Å². The van der Waals surface area contributed by atoms with Gasteiger partial charge in [-0.05, 0) is 30.3 Å². The summed E-state index contributed by atoms with van der Waals surface area (Å²) >= 11 is 1.47. The third-order valence-corrected chi connectivity index (χ3v) is 4.64. The van der Waals surface area contributed by atoms with Gasteiger partial charge in [0.1, 0.15) is 11.5 Å². The van der Waals surface area contributed by atoms with Crippen molar-refractivity contribution in [3.63, 3.8) is 0 Å². The fraction of sp³-hybridized carbons (Fsp3) is 0.333. The number of carbonyl (C=O) groups excluding carboxylic acids is 1. The average Bonchev–Trinajstić information content (AvgIpc) is 3.19. The molecule has 0 aliphatic heterocycles. The van der Waals surface area contributed by atoms with Crippen LogP contribution in [0.2, 0.25) is 0 Å². The number of amides is 1. The third-order valence-electron chi connectivity index (χ3n) is 3.60. The molecule has 0 saturated carbocycles. The first kappa shape index (κ1) is 16.5. The first-order chi connectivity index (χ1) is 11.4. The summed E-state index contributed by atoms with van der Waals surface area (Å²) < 4.78 is 11.7. The van der Waals surface area contributed by atoms with Crippen LogP contribution < -0.4 is 9.64 Å². The molecule has 1 aromatic carbocycles. The van der Waals surface area contributed by atoms with Crippen molar-refractivity contribution in [1.29, 1.82) is 0 Å². The van der Waals surface area contributed by atoms with Crippen LogP contribution in [0.4, 0.5) is 5.13 Å². The Bertz CT molecular complexity index is 847. The van der Waals surface area contributed by atoms with Crippen LogP contribution in [0.5, 0.6) is 5.75 Å². The number of fused-ring (bicyclic) bond motifs is 1. The molecular formula is C18H20N2O3S. The summed E-state index contributed by atoms with van der Waals surface area (Å²) in [4.78, 5) is 19.2. The van der Waals surface area contributed by atoms with E-state index in [1.54, 1.807) is 18.3 Å². The molecular weight excluding hydrogens is 324 g/mol. The summed E-state index contributed by atoms with van der Waals surface area (Å²) in [6, 6.07) is 9.38. The zero-order valence-corrected chi connectivity index (χ0v) is 15.0. The van der Waals surface area contributed by atoms with Crippen molar-refractivity contribution >= 4 is 32.6 Å². The van der Waals surface area contributed by atoms with E-state index in [4.69, 9.17) is 9.15 Å². The number of aromatic nitrogens is 1. The second-order valence-corrected chi connectivity index (χ2v) is 7.56. The van der Waals surface area contributed by atoms with Crippen molar-refractivity contribution in [3.05, 3.63) is 42.4 Å². The highest BCUT2D eigenvalue weighted by Crippen LogP contribution is 2.34. The van der Waals surface area contributed by atoms with Gasteiger partial charge in [-0.25, -0.2) is 4.98 Å². The zero-order valence-electron chi connectivity index (χ0n) is 14.2. The molecule has 0 radical (unpaired) electrons. The van der Waals surface area contributed by atoms with Crippen LogP contribution in [0.3, 0.4) is 0 Å². The van der Waals surface area contributed by atoms with Gasteiger partial charge in [0.05, 0.1) is 30.1 Å². The number of hydrogen-bond acceptors (Lipinski definition) is 5. The van der Waals surface area contributed by atoms with Crippen molar-refractivity contribution < 1.29 is 13.9 Å². The van der Waals surface area contributed by atoms with Gasteiger partial charge < -0.3 is 9.15 Å².